The van der Waals surface area contributed by atoms with E-state index in [0.717, 1.165) is 18.2 Å². The minimum absolute atomic E-state index is 0.0112. The molecular weight excluding hydrogens is 242 g/mol. The number of carboxylic acids is 1. The van der Waals surface area contributed by atoms with Crippen LogP contribution in [-0.2, 0) is 6.54 Å². The number of aromatic carboxylic acids is 1. The van der Waals surface area contributed by atoms with Gasteiger partial charge < -0.3 is 5.11 Å². The Hall–Kier alpha value is -2.24. The monoisotopic (exact) mass is 252 g/mol. The molecule has 4 nitrogen and oxygen atoms in total. The predicted octanol–water partition coefficient (Wildman–Crippen LogP) is 2.22. The van der Waals surface area contributed by atoms with E-state index in [1.807, 2.05) is 0 Å². The Labute approximate surface area is 101 Å². The predicted molar refractivity (Wildman–Crippen MR) is 59.4 cm³/mol. The topological polar surface area (TPSA) is 55.1 Å². The minimum atomic E-state index is -1.10. The molecule has 0 radical (unpaired) electrons. The molecule has 0 unspecified atom stereocenters. The number of benzene rings is 1. The lowest BCUT2D eigenvalue weighted by Crippen LogP contribution is -2.07. The van der Waals surface area contributed by atoms with Gasteiger partial charge in [-0.05, 0) is 25.1 Å². The first-order valence-corrected chi connectivity index (χ1v) is 5.18. The first-order chi connectivity index (χ1) is 8.49. The summed E-state index contributed by atoms with van der Waals surface area (Å²) in [7, 11) is 0. The standard InChI is InChI=1S/C12H10F2N2O2/c1-7-10(12(17)18)5-15-16(7)6-8-4-9(13)2-3-11(8)14/h2-5H,6H2,1H3,(H,17,18). The van der Waals surface area contributed by atoms with Crippen molar-refractivity contribution in [1.29, 1.82) is 0 Å². The molecule has 2 rings (SSSR count). The molecule has 0 fully saturated rings. The van der Waals surface area contributed by atoms with Gasteiger partial charge in [0, 0.05) is 5.56 Å². The molecule has 0 saturated carbocycles. The van der Waals surface area contributed by atoms with Crippen molar-refractivity contribution in [1.82, 2.24) is 9.78 Å². The summed E-state index contributed by atoms with van der Waals surface area (Å²) in [5, 5.41) is 12.7. The van der Waals surface area contributed by atoms with Crippen LogP contribution in [0.2, 0.25) is 0 Å². The average Bonchev–Trinajstić information content (AvgIpc) is 2.66. The Balaban J connectivity index is 2.34. The molecule has 2 aromatic rings. The minimum Gasteiger partial charge on any atom is -0.478 e. The summed E-state index contributed by atoms with van der Waals surface area (Å²) in [6.45, 7) is 1.55. The zero-order valence-corrected chi connectivity index (χ0v) is 9.52. The summed E-state index contributed by atoms with van der Waals surface area (Å²) in [6.07, 6.45) is 1.19. The molecule has 0 aliphatic carbocycles. The van der Waals surface area contributed by atoms with E-state index in [1.54, 1.807) is 6.92 Å². The van der Waals surface area contributed by atoms with E-state index in [0.29, 0.717) is 5.69 Å². The van der Waals surface area contributed by atoms with Crippen LogP contribution in [0.15, 0.2) is 24.4 Å². The van der Waals surface area contributed by atoms with Crippen LogP contribution in [0.4, 0.5) is 8.78 Å². The fourth-order valence-corrected chi connectivity index (χ4v) is 1.64. The lowest BCUT2D eigenvalue weighted by atomic mass is 10.2. The zero-order chi connectivity index (χ0) is 13.3. The van der Waals surface area contributed by atoms with Crippen molar-refractivity contribution in [2.75, 3.05) is 0 Å². The molecular formula is C12H10F2N2O2. The van der Waals surface area contributed by atoms with Gasteiger partial charge in [-0.2, -0.15) is 5.10 Å². The number of aromatic nitrogens is 2. The maximum absolute atomic E-state index is 13.4. The quantitative estimate of drug-likeness (QED) is 0.911. The highest BCUT2D eigenvalue weighted by molar-refractivity contribution is 5.88. The van der Waals surface area contributed by atoms with Crippen LogP contribution in [0.1, 0.15) is 21.6 Å². The normalized spacial score (nSPS) is 10.6. The van der Waals surface area contributed by atoms with Crippen molar-refractivity contribution >= 4 is 5.97 Å². The van der Waals surface area contributed by atoms with Gasteiger partial charge in [0.25, 0.3) is 0 Å². The van der Waals surface area contributed by atoms with Crippen molar-refractivity contribution in [3.63, 3.8) is 0 Å². The molecule has 0 spiro atoms. The van der Waals surface area contributed by atoms with E-state index in [2.05, 4.69) is 5.10 Å². The molecule has 0 atom stereocenters. The van der Waals surface area contributed by atoms with Crippen LogP contribution in [0.25, 0.3) is 0 Å². The fraction of sp³-hybridized carbons (Fsp3) is 0.167. The van der Waals surface area contributed by atoms with E-state index < -0.39 is 17.6 Å². The van der Waals surface area contributed by atoms with E-state index in [1.165, 1.54) is 10.9 Å². The smallest absolute Gasteiger partial charge is 0.339 e. The number of hydrogen-bond donors (Lipinski definition) is 1. The number of nitrogens with zero attached hydrogens (tertiary/aromatic N) is 2. The molecule has 1 aromatic carbocycles. The second-order valence-electron chi connectivity index (χ2n) is 3.84. The summed E-state index contributed by atoms with van der Waals surface area (Å²) < 4.78 is 27.7. The summed E-state index contributed by atoms with van der Waals surface area (Å²) in [4.78, 5) is 10.8. The van der Waals surface area contributed by atoms with Crippen LogP contribution in [-0.4, -0.2) is 20.9 Å². The van der Waals surface area contributed by atoms with Gasteiger partial charge in [-0.3, -0.25) is 4.68 Å². The molecule has 0 aliphatic rings. The highest BCUT2D eigenvalue weighted by atomic mass is 19.1. The second kappa shape index (κ2) is 4.56. The Morgan fingerprint density at radius 1 is 1.44 bits per heavy atom. The number of halogens is 2. The molecule has 0 saturated heterocycles. The number of rotatable bonds is 3. The number of hydrogen-bond acceptors (Lipinski definition) is 2. The maximum Gasteiger partial charge on any atom is 0.339 e. The molecule has 18 heavy (non-hydrogen) atoms. The molecule has 6 heteroatoms. The molecule has 94 valence electrons. The fourth-order valence-electron chi connectivity index (χ4n) is 1.64. The van der Waals surface area contributed by atoms with Crippen LogP contribution < -0.4 is 0 Å². The van der Waals surface area contributed by atoms with Gasteiger partial charge in [0.15, 0.2) is 0 Å². The second-order valence-corrected chi connectivity index (χ2v) is 3.84. The van der Waals surface area contributed by atoms with Crippen LogP contribution >= 0.6 is 0 Å². The van der Waals surface area contributed by atoms with Gasteiger partial charge in [-0.15, -0.1) is 0 Å². The third-order valence-corrected chi connectivity index (χ3v) is 2.66. The largest absolute Gasteiger partial charge is 0.478 e. The Morgan fingerprint density at radius 2 is 2.17 bits per heavy atom. The third kappa shape index (κ3) is 2.22. The molecule has 1 aromatic heterocycles. The van der Waals surface area contributed by atoms with Gasteiger partial charge in [0.05, 0.1) is 18.4 Å². The highest BCUT2D eigenvalue weighted by Gasteiger charge is 2.14. The van der Waals surface area contributed by atoms with Gasteiger partial charge >= 0.3 is 5.97 Å². The molecule has 1 heterocycles. The Kier molecular flexibility index (Phi) is 3.10. The van der Waals surface area contributed by atoms with Crippen molar-refractivity contribution < 1.29 is 18.7 Å². The first kappa shape index (κ1) is 12.2. The highest BCUT2D eigenvalue weighted by Crippen LogP contribution is 2.14. The lowest BCUT2D eigenvalue weighted by molar-refractivity contribution is 0.0696. The van der Waals surface area contributed by atoms with Gasteiger partial charge in [-0.1, -0.05) is 0 Å². The maximum atomic E-state index is 13.4. The lowest BCUT2D eigenvalue weighted by Gasteiger charge is -2.06. The van der Waals surface area contributed by atoms with Crippen LogP contribution in [0.5, 0.6) is 0 Å². The van der Waals surface area contributed by atoms with Crippen LogP contribution in [0.3, 0.4) is 0 Å². The molecule has 0 amide bonds. The van der Waals surface area contributed by atoms with E-state index >= 15 is 0 Å². The average molecular weight is 252 g/mol. The summed E-state index contributed by atoms with van der Waals surface area (Å²) in [5.41, 5.74) is 0.566. The van der Waals surface area contributed by atoms with Gasteiger partial charge in [0.2, 0.25) is 0 Å². The summed E-state index contributed by atoms with van der Waals surface area (Å²) >= 11 is 0. The molecule has 1 N–H and O–H groups in total. The summed E-state index contributed by atoms with van der Waals surface area (Å²) in [5.74, 6) is -2.20. The SMILES string of the molecule is Cc1c(C(=O)O)cnn1Cc1cc(F)ccc1F. The Morgan fingerprint density at radius 3 is 2.78 bits per heavy atom. The molecule has 0 bridgehead atoms. The zero-order valence-electron chi connectivity index (χ0n) is 9.52. The van der Waals surface area contributed by atoms with Crippen molar-refractivity contribution in [3.05, 3.63) is 52.9 Å². The third-order valence-electron chi connectivity index (χ3n) is 2.66. The van der Waals surface area contributed by atoms with E-state index in [9.17, 15) is 13.6 Å². The van der Waals surface area contributed by atoms with Crippen LogP contribution in [0, 0.1) is 18.6 Å². The Bertz CT molecular complexity index is 608. The van der Waals surface area contributed by atoms with Gasteiger partial charge in [-0.25, -0.2) is 13.6 Å². The van der Waals surface area contributed by atoms with E-state index in [-0.39, 0.29) is 17.7 Å². The van der Waals surface area contributed by atoms with Crippen molar-refractivity contribution in [3.8, 4) is 0 Å². The number of carbonyl (C=O) groups is 1. The van der Waals surface area contributed by atoms with Crippen molar-refractivity contribution in [2.45, 2.75) is 13.5 Å². The molecule has 0 aliphatic heterocycles. The van der Waals surface area contributed by atoms with E-state index in [4.69, 9.17) is 5.11 Å². The van der Waals surface area contributed by atoms with Crippen molar-refractivity contribution in [2.24, 2.45) is 0 Å². The number of carboxylic acid groups (broad SMARTS) is 1. The summed E-state index contributed by atoms with van der Waals surface area (Å²) in [6, 6.07) is 3.12. The first-order valence-electron chi connectivity index (χ1n) is 5.18. The van der Waals surface area contributed by atoms with Gasteiger partial charge in [0.1, 0.15) is 17.2 Å².